The fourth-order valence-electron chi connectivity index (χ4n) is 1.14. The summed E-state index contributed by atoms with van der Waals surface area (Å²) in [7, 11) is 0. The Morgan fingerprint density at radius 1 is 1.00 bits per heavy atom. The highest BCUT2D eigenvalue weighted by Crippen LogP contribution is 2.06. The van der Waals surface area contributed by atoms with Crippen LogP contribution in [0.3, 0.4) is 0 Å². The largest absolute Gasteiger partial charge is 0.0917 e. The van der Waals surface area contributed by atoms with E-state index in [-0.39, 0.29) is 0 Å². The highest BCUT2D eigenvalue weighted by Gasteiger charge is 1.86. The lowest BCUT2D eigenvalue weighted by atomic mass is 10.1. The molecule has 0 aliphatic heterocycles. The van der Waals surface area contributed by atoms with Gasteiger partial charge in [-0.1, -0.05) is 51.2 Å². The summed E-state index contributed by atoms with van der Waals surface area (Å²) in [6.07, 6.45) is 13.6. The van der Waals surface area contributed by atoms with Crippen LogP contribution in [0, 0.1) is 6.92 Å². The van der Waals surface area contributed by atoms with E-state index in [1.165, 1.54) is 38.5 Å². The number of allylic oxidation sites excluding steroid dienone is 2. The molecule has 0 atom stereocenters. The molecular weight excluding hydrogens is 132 g/mol. The highest BCUT2D eigenvalue weighted by atomic mass is 13.9. The van der Waals surface area contributed by atoms with E-state index in [1.807, 2.05) is 0 Å². The Balaban J connectivity index is 2.79. The van der Waals surface area contributed by atoms with E-state index >= 15 is 0 Å². The van der Waals surface area contributed by atoms with Gasteiger partial charge in [-0.15, -0.1) is 0 Å². The molecule has 0 heterocycles. The van der Waals surface area contributed by atoms with Crippen molar-refractivity contribution in [2.75, 3.05) is 0 Å². The van der Waals surface area contributed by atoms with E-state index in [0.717, 1.165) is 6.42 Å². The Morgan fingerprint density at radius 3 is 2.27 bits per heavy atom. The molecule has 0 aromatic heterocycles. The van der Waals surface area contributed by atoms with Gasteiger partial charge >= 0.3 is 0 Å². The first-order chi connectivity index (χ1) is 5.41. The molecular formula is C11H21. The van der Waals surface area contributed by atoms with E-state index in [1.54, 1.807) is 0 Å². The molecule has 0 saturated carbocycles. The first kappa shape index (κ1) is 10.7. The fraction of sp³-hybridized carbons (Fsp3) is 0.727. The van der Waals surface area contributed by atoms with Crippen molar-refractivity contribution in [3.05, 3.63) is 19.1 Å². The second-order valence-electron chi connectivity index (χ2n) is 2.98. The molecule has 0 nitrogen and oxygen atoms in total. The van der Waals surface area contributed by atoms with Crippen LogP contribution >= 0.6 is 0 Å². The van der Waals surface area contributed by atoms with Crippen molar-refractivity contribution in [1.29, 1.82) is 0 Å². The summed E-state index contributed by atoms with van der Waals surface area (Å²) in [6, 6.07) is 0. The van der Waals surface area contributed by atoms with Gasteiger partial charge in [0.1, 0.15) is 0 Å². The third kappa shape index (κ3) is 9.74. The lowest BCUT2D eigenvalue weighted by molar-refractivity contribution is 0.621. The van der Waals surface area contributed by atoms with E-state index < -0.39 is 0 Å². The summed E-state index contributed by atoms with van der Waals surface area (Å²) in [6.45, 7) is 5.91. The van der Waals surface area contributed by atoms with Gasteiger partial charge in [-0.05, 0) is 19.8 Å². The summed E-state index contributed by atoms with van der Waals surface area (Å²) >= 11 is 0. The van der Waals surface area contributed by atoms with E-state index in [9.17, 15) is 0 Å². The Kier molecular flexibility index (Phi) is 9.51. The zero-order valence-electron chi connectivity index (χ0n) is 7.81. The highest BCUT2D eigenvalue weighted by molar-refractivity contribution is 4.76. The molecule has 11 heavy (non-hydrogen) atoms. The Bertz CT molecular complexity index is 82.0. The predicted molar refractivity (Wildman–Crippen MR) is 52.5 cm³/mol. The maximum atomic E-state index is 3.82. The number of hydrogen-bond acceptors (Lipinski definition) is 0. The van der Waals surface area contributed by atoms with E-state index in [4.69, 9.17) is 0 Å². The van der Waals surface area contributed by atoms with Gasteiger partial charge in [0.25, 0.3) is 0 Å². The second kappa shape index (κ2) is 9.74. The molecule has 0 aromatic carbocycles. The van der Waals surface area contributed by atoms with E-state index in [0.29, 0.717) is 0 Å². The SMILES string of the molecule is [CH2]CCCCCCC/C=C/C. The average Bonchev–Trinajstić information content (AvgIpc) is 2.03. The van der Waals surface area contributed by atoms with Crippen LogP contribution < -0.4 is 0 Å². The van der Waals surface area contributed by atoms with Crippen LogP contribution in [0.2, 0.25) is 0 Å². The van der Waals surface area contributed by atoms with Crippen molar-refractivity contribution in [3.63, 3.8) is 0 Å². The Hall–Kier alpha value is -0.260. The monoisotopic (exact) mass is 153 g/mol. The summed E-state index contributed by atoms with van der Waals surface area (Å²) in [5.41, 5.74) is 0. The maximum absolute atomic E-state index is 3.82. The number of rotatable bonds is 7. The smallest absolute Gasteiger partial charge is 0.0351 e. The van der Waals surface area contributed by atoms with Gasteiger partial charge < -0.3 is 0 Å². The molecule has 0 aromatic rings. The number of unbranched alkanes of at least 4 members (excludes halogenated alkanes) is 6. The van der Waals surface area contributed by atoms with Gasteiger partial charge in [0.05, 0.1) is 0 Å². The first-order valence-corrected chi connectivity index (χ1v) is 4.82. The van der Waals surface area contributed by atoms with Crippen molar-refractivity contribution in [2.24, 2.45) is 0 Å². The molecule has 0 N–H and O–H groups in total. The molecule has 0 aliphatic rings. The standard InChI is InChI=1S/C11H21/c1-3-5-7-9-11-10-8-6-4-2/h4,6H,1,3,5,7-11H2,2H3/b6-4+. The van der Waals surface area contributed by atoms with Crippen LogP contribution in [0.1, 0.15) is 51.9 Å². The minimum atomic E-state index is 1.11. The van der Waals surface area contributed by atoms with E-state index in [2.05, 4.69) is 26.0 Å². The van der Waals surface area contributed by atoms with Gasteiger partial charge in [0.15, 0.2) is 0 Å². The zero-order valence-corrected chi connectivity index (χ0v) is 7.81. The van der Waals surface area contributed by atoms with Crippen LogP contribution in [0.5, 0.6) is 0 Å². The summed E-state index contributed by atoms with van der Waals surface area (Å²) in [4.78, 5) is 0. The van der Waals surface area contributed by atoms with Crippen molar-refractivity contribution in [1.82, 2.24) is 0 Å². The predicted octanol–water partition coefficient (Wildman–Crippen LogP) is 4.13. The van der Waals surface area contributed by atoms with Crippen molar-refractivity contribution in [3.8, 4) is 0 Å². The minimum absolute atomic E-state index is 1.11. The van der Waals surface area contributed by atoms with Crippen LogP contribution in [0.4, 0.5) is 0 Å². The lowest BCUT2D eigenvalue weighted by Crippen LogP contribution is -1.77. The summed E-state index contributed by atoms with van der Waals surface area (Å²) in [5, 5.41) is 0. The summed E-state index contributed by atoms with van der Waals surface area (Å²) < 4.78 is 0. The van der Waals surface area contributed by atoms with Gasteiger partial charge in [0, 0.05) is 0 Å². The molecule has 0 rings (SSSR count). The molecule has 0 unspecified atom stereocenters. The van der Waals surface area contributed by atoms with Crippen LogP contribution in [0.25, 0.3) is 0 Å². The topological polar surface area (TPSA) is 0 Å². The van der Waals surface area contributed by atoms with Crippen molar-refractivity contribution >= 4 is 0 Å². The zero-order chi connectivity index (χ0) is 8.36. The Morgan fingerprint density at radius 2 is 1.64 bits per heavy atom. The fourth-order valence-corrected chi connectivity index (χ4v) is 1.14. The first-order valence-electron chi connectivity index (χ1n) is 4.82. The molecule has 0 fully saturated rings. The molecule has 0 bridgehead atoms. The van der Waals surface area contributed by atoms with Crippen LogP contribution in [0.15, 0.2) is 12.2 Å². The third-order valence-corrected chi connectivity index (χ3v) is 1.86. The van der Waals surface area contributed by atoms with Gasteiger partial charge in [-0.2, -0.15) is 0 Å². The van der Waals surface area contributed by atoms with Crippen LogP contribution in [-0.2, 0) is 0 Å². The Labute approximate surface area is 71.7 Å². The van der Waals surface area contributed by atoms with Gasteiger partial charge in [-0.3, -0.25) is 0 Å². The second-order valence-corrected chi connectivity index (χ2v) is 2.98. The molecule has 0 amide bonds. The third-order valence-electron chi connectivity index (χ3n) is 1.86. The quantitative estimate of drug-likeness (QED) is 0.381. The van der Waals surface area contributed by atoms with Gasteiger partial charge in [-0.25, -0.2) is 0 Å². The van der Waals surface area contributed by atoms with Crippen LogP contribution in [-0.4, -0.2) is 0 Å². The molecule has 0 saturated heterocycles. The van der Waals surface area contributed by atoms with Crippen molar-refractivity contribution < 1.29 is 0 Å². The molecule has 0 spiro atoms. The minimum Gasteiger partial charge on any atom is -0.0917 e. The molecule has 0 aliphatic carbocycles. The lowest BCUT2D eigenvalue weighted by Gasteiger charge is -1.96. The normalized spacial score (nSPS) is 11.1. The molecule has 1 radical (unpaired) electrons. The van der Waals surface area contributed by atoms with Gasteiger partial charge in [0.2, 0.25) is 0 Å². The molecule has 0 heteroatoms. The maximum Gasteiger partial charge on any atom is -0.0351 e. The number of hydrogen-bond donors (Lipinski definition) is 0. The summed E-state index contributed by atoms with van der Waals surface area (Å²) in [5.74, 6) is 0. The average molecular weight is 153 g/mol. The molecule has 65 valence electrons. The van der Waals surface area contributed by atoms with Crippen molar-refractivity contribution in [2.45, 2.75) is 51.9 Å².